The first-order chi connectivity index (χ1) is 10.1. The van der Waals surface area contributed by atoms with Gasteiger partial charge in [0.15, 0.2) is 5.03 Å². The summed E-state index contributed by atoms with van der Waals surface area (Å²) in [5, 5.41) is 12.6. The van der Waals surface area contributed by atoms with Crippen molar-refractivity contribution in [2.24, 2.45) is 0 Å². The number of aliphatic hydroxyl groups excluding tert-OH is 1. The van der Waals surface area contributed by atoms with Gasteiger partial charge >= 0.3 is 0 Å². The normalized spacial score (nSPS) is 20.4. The Bertz CT molecular complexity index is 562. The third-order valence-electron chi connectivity index (χ3n) is 3.67. The lowest BCUT2D eigenvalue weighted by Crippen LogP contribution is -2.45. The summed E-state index contributed by atoms with van der Waals surface area (Å²) in [5.41, 5.74) is 0.529. The van der Waals surface area contributed by atoms with Gasteiger partial charge in [-0.3, -0.25) is 0 Å². The molecule has 21 heavy (non-hydrogen) atoms. The lowest BCUT2D eigenvalue weighted by atomic mass is 10.1. The van der Waals surface area contributed by atoms with Gasteiger partial charge in [-0.1, -0.05) is 13.3 Å². The molecule has 118 valence electrons. The summed E-state index contributed by atoms with van der Waals surface area (Å²) in [7, 11) is -3.68. The van der Waals surface area contributed by atoms with E-state index in [-0.39, 0.29) is 17.7 Å². The number of hydrogen-bond acceptors (Lipinski definition) is 5. The van der Waals surface area contributed by atoms with Crippen LogP contribution in [0.3, 0.4) is 0 Å². The van der Waals surface area contributed by atoms with Crippen LogP contribution in [0.15, 0.2) is 23.4 Å². The molecule has 2 heterocycles. The maximum atomic E-state index is 12.9. The first-order valence-corrected chi connectivity index (χ1v) is 8.87. The van der Waals surface area contributed by atoms with Crippen LogP contribution in [-0.2, 0) is 10.0 Å². The van der Waals surface area contributed by atoms with E-state index in [0.717, 1.165) is 19.3 Å². The van der Waals surface area contributed by atoms with Crippen molar-refractivity contribution >= 4 is 15.7 Å². The first-order valence-electron chi connectivity index (χ1n) is 7.42. The van der Waals surface area contributed by atoms with E-state index < -0.39 is 10.0 Å². The van der Waals surface area contributed by atoms with Crippen molar-refractivity contribution in [2.75, 3.05) is 25.0 Å². The van der Waals surface area contributed by atoms with Gasteiger partial charge in [0.1, 0.15) is 0 Å². The lowest BCUT2D eigenvalue weighted by molar-refractivity contribution is 0.155. The van der Waals surface area contributed by atoms with Crippen LogP contribution in [0.2, 0.25) is 0 Å². The molecule has 2 N–H and O–H groups in total. The molecule has 0 bridgehead atoms. The Morgan fingerprint density at radius 3 is 3.00 bits per heavy atom. The number of hydrogen-bond donors (Lipinski definition) is 2. The fourth-order valence-corrected chi connectivity index (χ4v) is 4.34. The summed E-state index contributed by atoms with van der Waals surface area (Å²) >= 11 is 0. The number of rotatable bonds is 6. The highest BCUT2D eigenvalue weighted by molar-refractivity contribution is 7.89. The molecule has 1 aliphatic rings. The molecule has 1 aliphatic heterocycles. The second kappa shape index (κ2) is 7.20. The van der Waals surface area contributed by atoms with Crippen LogP contribution in [0.5, 0.6) is 0 Å². The van der Waals surface area contributed by atoms with Gasteiger partial charge in [-0.05, 0) is 31.4 Å². The van der Waals surface area contributed by atoms with E-state index >= 15 is 0 Å². The van der Waals surface area contributed by atoms with E-state index in [0.29, 0.717) is 25.2 Å². The molecule has 1 saturated heterocycles. The molecule has 0 saturated carbocycles. The van der Waals surface area contributed by atoms with Crippen molar-refractivity contribution in [3.8, 4) is 0 Å². The highest BCUT2D eigenvalue weighted by Crippen LogP contribution is 2.27. The van der Waals surface area contributed by atoms with Gasteiger partial charge in [-0.15, -0.1) is 0 Å². The minimum atomic E-state index is -3.68. The summed E-state index contributed by atoms with van der Waals surface area (Å²) in [6, 6.07) is 3.11. The number of pyridine rings is 1. The van der Waals surface area contributed by atoms with Crippen LogP contribution in [0.4, 0.5) is 5.69 Å². The number of aromatic nitrogens is 1. The molecule has 1 atom stereocenters. The largest absolute Gasteiger partial charge is 0.395 e. The van der Waals surface area contributed by atoms with E-state index in [1.165, 1.54) is 10.5 Å². The predicted molar refractivity (Wildman–Crippen MR) is 81.6 cm³/mol. The van der Waals surface area contributed by atoms with Gasteiger partial charge < -0.3 is 10.4 Å². The van der Waals surface area contributed by atoms with Crippen LogP contribution in [0, 0.1) is 0 Å². The quantitative estimate of drug-likeness (QED) is 0.830. The fraction of sp³-hybridized carbons (Fsp3) is 0.643. The molecule has 6 nitrogen and oxygen atoms in total. The number of piperidine rings is 1. The van der Waals surface area contributed by atoms with E-state index in [1.54, 1.807) is 12.1 Å². The van der Waals surface area contributed by atoms with Crippen LogP contribution in [0.1, 0.15) is 32.6 Å². The smallest absolute Gasteiger partial charge is 0.262 e. The first kappa shape index (κ1) is 16.2. The Balaban J connectivity index is 2.34. The molecule has 0 aliphatic carbocycles. The number of anilines is 1. The van der Waals surface area contributed by atoms with Crippen molar-refractivity contribution in [2.45, 2.75) is 43.7 Å². The molecule has 1 unspecified atom stereocenters. The summed E-state index contributed by atoms with van der Waals surface area (Å²) in [6.45, 7) is 3.00. The molecule has 0 radical (unpaired) electrons. The highest BCUT2D eigenvalue weighted by Gasteiger charge is 2.35. The molecule has 2 rings (SSSR count). The number of nitrogens with one attached hydrogen (secondary N) is 1. The average molecular weight is 313 g/mol. The minimum Gasteiger partial charge on any atom is -0.395 e. The number of sulfonamides is 1. The van der Waals surface area contributed by atoms with Gasteiger partial charge in [0.25, 0.3) is 10.0 Å². The average Bonchev–Trinajstić information content (AvgIpc) is 2.53. The van der Waals surface area contributed by atoms with Crippen LogP contribution < -0.4 is 5.32 Å². The minimum absolute atomic E-state index is 0.0544. The monoisotopic (exact) mass is 313 g/mol. The predicted octanol–water partition coefficient (Wildman–Crippen LogP) is 1.44. The van der Waals surface area contributed by atoms with Gasteiger partial charge in [0.05, 0.1) is 12.3 Å². The van der Waals surface area contributed by atoms with Crippen molar-refractivity contribution in [3.63, 3.8) is 0 Å². The molecule has 1 aromatic heterocycles. The van der Waals surface area contributed by atoms with Crippen LogP contribution in [-0.4, -0.2) is 48.6 Å². The Hall–Kier alpha value is -1.18. The highest BCUT2D eigenvalue weighted by atomic mass is 32.2. The van der Waals surface area contributed by atoms with Crippen molar-refractivity contribution in [1.29, 1.82) is 0 Å². The zero-order valence-corrected chi connectivity index (χ0v) is 13.1. The summed E-state index contributed by atoms with van der Waals surface area (Å²) in [6.07, 6.45) is 4.85. The van der Waals surface area contributed by atoms with Crippen molar-refractivity contribution in [3.05, 3.63) is 18.3 Å². The van der Waals surface area contributed by atoms with E-state index in [9.17, 15) is 13.5 Å². The SMILES string of the molecule is CCCNc1cccnc1S(=O)(=O)N1CCCCC1CO. The molecule has 1 aromatic rings. The fourth-order valence-electron chi connectivity index (χ4n) is 2.57. The zero-order chi connectivity index (χ0) is 15.3. The van der Waals surface area contributed by atoms with E-state index in [2.05, 4.69) is 10.3 Å². The van der Waals surface area contributed by atoms with Crippen LogP contribution in [0.25, 0.3) is 0 Å². The lowest BCUT2D eigenvalue weighted by Gasteiger charge is -2.33. The molecular formula is C14H23N3O3S. The Morgan fingerprint density at radius 1 is 1.48 bits per heavy atom. The second-order valence-corrected chi connectivity index (χ2v) is 7.04. The summed E-state index contributed by atoms with van der Waals surface area (Å²) in [5.74, 6) is 0. The molecular weight excluding hydrogens is 290 g/mol. The van der Waals surface area contributed by atoms with E-state index in [1.807, 2.05) is 6.92 Å². The Morgan fingerprint density at radius 2 is 2.29 bits per heavy atom. The third kappa shape index (κ3) is 3.53. The topological polar surface area (TPSA) is 82.5 Å². The summed E-state index contributed by atoms with van der Waals surface area (Å²) in [4.78, 5) is 4.07. The standard InChI is InChI=1S/C14H23N3O3S/c1-2-8-15-13-7-5-9-16-14(13)21(19,20)17-10-4-3-6-12(17)11-18/h5,7,9,12,15,18H,2-4,6,8,10-11H2,1H3. The van der Waals surface area contributed by atoms with Gasteiger partial charge in [0.2, 0.25) is 0 Å². The van der Waals surface area contributed by atoms with Crippen molar-refractivity contribution < 1.29 is 13.5 Å². The van der Waals surface area contributed by atoms with Gasteiger partial charge in [-0.2, -0.15) is 4.31 Å². The molecule has 1 fully saturated rings. The molecule has 0 amide bonds. The molecule has 7 heteroatoms. The maximum Gasteiger partial charge on any atom is 0.262 e. The summed E-state index contributed by atoms with van der Waals surface area (Å²) < 4.78 is 27.1. The maximum absolute atomic E-state index is 12.9. The Kier molecular flexibility index (Phi) is 5.55. The zero-order valence-electron chi connectivity index (χ0n) is 12.3. The molecule has 0 aromatic carbocycles. The van der Waals surface area contributed by atoms with Gasteiger partial charge in [0, 0.05) is 25.3 Å². The number of aliphatic hydroxyl groups is 1. The van der Waals surface area contributed by atoms with E-state index in [4.69, 9.17) is 0 Å². The van der Waals surface area contributed by atoms with Crippen LogP contribution >= 0.6 is 0 Å². The van der Waals surface area contributed by atoms with Gasteiger partial charge in [-0.25, -0.2) is 13.4 Å². The molecule has 0 spiro atoms. The third-order valence-corrected chi connectivity index (χ3v) is 5.59. The number of nitrogens with zero attached hydrogens (tertiary/aromatic N) is 2. The second-order valence-electron chi connectivity index (χ2n) is 5.23. The van der Waals surface area contributed by atoms with Crippen molar-refractivity contribution in [1.82, 2.24) is 9.29 Å². The Labute approximate surface area is 126 Å².